The molecule has 42 heavy (non-hydrogen) atoms. The highest BCUT2D eigenvalue weighted by Crippen LogP contribution is 2.51. The maximum atomic E-state index is 13.9. The summed E-state index contributed by atoms with van der Waals surface area (Å²) < 4.78 is 6.31. The van der Waals surface area contributed by atoms with Gasteiger partial charge in [-0.15, -0.1) is 12.6 Å². The summed E-state index contributed by atoms with van der Waals surface area (Å²) in [5.41, 5.74) is 7.08. The monoisotopic (exact) mass is 574 g/mol. The molecule has 0 radical (unpaired) electrons. The zero-order valence-electron chi connectivity index (χ0n) is 25.1. The van der Waals surface area contributed by atoms with Gasteiger partial charge >= 0.3 is 5.63 Å². The summed E-state index contributed by atoms with van der Waals surface area (Å²) in [6, 6.07) is 24.6. The molecule has 4 aromatic carbocycles. The molecule has 7 rings (SSSR count). The van der Waals surface area contributed by atoms with Gasteiger partial charge in [0.2, 0.25) is 0 Å². The van der Waals surface area contributed by atoms with Crippen LogP contribution in [-0.2, 0) is 5.41 Å². The van der Waals surface area contributed by atoms with E-state index in [4.69, 9.17) is 22.0 Å². The average Bonchev–Trinajstić information content (AvgIpc) is 3.00. The van der Waals surface area contributed by atoms with E-state index in [1.165, 1.54) is 16.8 Å². The van der Waals surface area contributed by atoms with Crippen molar-refractivity contribution in [2.45, 2.75) is 63.7 Å². The van der Waals surface area contributed by atoms with E-state index in [2.05, 4.69) is 49.9 Å². The van der Waals surface area contributed by atoms with Crippen LogP contribution in [0.3, 0.4) is 0 Å². The van der Waals surface area contributed by atoms with Gasteiger partial charge in [-0.1, -0.05) is 95.3 Å². The first-order valence-electron chi connectivity index (χ1n) is 15.1. The number of rotatable bonds is 3. The minimum Gasteiger partial charge on any atom is -0.422 e. The van der Waals surface area contributed by atoms with Crippen LogP contribution >= 0.6 is 12.6 Å². The van der Waals surface area contributed by atoms with Crippen LogP contribution in [0.25, 0.3) is 32.9 Å². The molecule has 5 heteroatoms. The van der Waals surface area contributed by atoms with E-state index >= 15 is 0 Å². The Kier molecular flexibility index (Phi) is 7.48. The molecule has 0 bridgehead atoms. The van der Waals surface area contributed by atoms with Gasteiger partial charge < -0.3 is 9.32 Å². The summed E-state index contributed by atoms with van der Waals surface area (Å²) in [6.45, 7) is 13.0. The molecule has 5 aromatic rings. The summed E-state index contributed by atoms with van der Waals surface area (Å²) in [4.78, 5) is 22.1. The van der Waals surface area contributed by atoms with E-state index in [0.717, 1.165) is 63.8 Å². The van der Waals surface area contributed by atoms with E-state index in [1.54, 1.807) is 6.21 Å². The number of aliphatic imine (C=N–C) groups is 1. The van der Waals surface area contributed by atoms with Crippen molar-refractivity contribution >= 4 is 52.0 Å². The van der Waals surface area contributed by atoms with E-state index in [9.17, 15) is 4.79 Å². The molecular formula is C37H38N2O2S. The Bertz CT molecular complexity index is 1890. The van der Waals surface area contributed by atoms with E-state index in [0.29, 0.717) is 17.1 Å². The molecule has 3 heterocycles. The van der Waals surface area contributed by atoms with Gasteiger partial charge in [0, 0.05) is 51.8 Å². The van der Waals surface area contributed by atoms with Gasteiger partial charge in [-0.25, -0.2) is 4.79 Å². The molecule has 214 valence electrons. The number of hydrogen-bond donors (Lipinski definition) is 1. The quantitative estimate of drug-likeness (QED) is 0.133. The summed E-state index contributed by atoms with van der Waals surface area (Å²) in [6.07, 6.45) is 3.82. The van der Waals surface area contributed by atoms with Gasteiger partial charge in [0.25, 0.3) is 0 Å². The van der Waals surface area contributed by atoms with Crippen LogP contribution in [0.2, 0.25) is 0 Å². The van der Waals surface area contributed by atoms with Gasteiger partial charge in [-0.3, -0.25) is 4.99 Å². The maximum absolute atomic E-state index is 13.9. The lowest BCUT2D eigenvalue weighted by atomic mass is 9.72. The topological polar surface area (TPSA) is 45.8 Å². The fourth-order valence-corrected chi connectivity index (χ4v) is 6.88. The number of nitrogens with zero attached hydrogens (tertiary/aromatic N) is 2. The minimum atomic E-state index is -0.371. The molecule has 4 nitrogen and oxygen atoms in total. The fourth-order valence-electron chi connectivity index (χ4n) is 6.63. The molecule has 2 aliphatic heterocycles. The van der Waals surface area contributed by atoms with Crippen LogP contribution < -0.4 is 10.5 Å². The molecular weight excluding hydrogens is 536 g/mol. The first-order valence-corrected chi connectivity index (χ1v) is 15.5. The van der Waals surface area contributed by atoms with Crippen molar-refractivity contribution in [3.8, 4) is 11.1 Å². The highest BCUT2D eigenvalue weighted by molar-refractivity contribution is 7.80. The molecule has 0 spiro atoms. The highest BCUT2D eigenvalue weighted by Gasteiger charge is 2.39. The standard InChI is InChI=1S/C35H32N2O2S.C2H6/c1-21-15-17-37-18-16-35(2,3)30-32(37)25(21)19-26-29(23-10-5-4-6-11-23)27(34(38)39-33(26)30)20-36-31-24-12-8-7-9-22(24)13-14-28(31)40;1-2/h4-14,19-21,40H,15-18H2,1-3H3;1-2H3. The van der Waals surface area contributed by atoms with Gasteiger partial charge in [0.15, 0.2) is 0 Å². The Morgan fingerprint density at radius 2 is 1.71 bits per heavy atom. The van der Waals surface area contributed by atoms with Gasteiger partial charge in [-0.05, 0) is 52.8 Å². The van der Waals surface area contributed by atoms with Crippen LogP contribution in [0.1, 0.15) is 70.1 Å². The van der Waals surface area contributed by atoms with Gasteiger partial charge in [0.05, 0.1) is 11.3 Å². The molecule has 2 aliphatic rings. The van der Waals surface area contributed by atoms with Gasteiger partial charge in [0.1, 0.15) is 5.58 Å². The van der Waals surface area contributed by atoms with Crippen molar-refractivity contribution in [3.05, 3.63) is 99.9 Å². The van der Waals surface area contributed by atoms with Crippen molar-refractivity contribution in [2.24, 2.45) is 4.99 Å². The molecule has 0 aliphatic carbocycles. The van der Waals surface area contributed by atoms with Crippen molar-refractivity contribution in [1.29, 1.82) is 0 Å². The molecule has 0 fully saturated rings. The molecule has 0 saturated carbocycles. The number of thiol groups is 1. The third-order valence-corrected chi connectivity index (χ3v) is 9.22. The lowest BCUT2D eigenvalue weighted by molar-refractivity contribution is 0.431. The molecule has 0 amide bonds. The Morgan fingerprint density at radius 1 is 0.976 bits per heavy atom. The zero-order chi connectivity index (χ0) is 29.6. The second-order valence-electron chi connectivity index (χ2n) is 11.8. The maximum Gasteiger partial charge on any atom is 0.345 e. The van der Waals surface area contributed by atoms with Crippen molar-refractivity contribution in [1.82, 2.24) is 0 Å². The van der Waals surface area contributed by atoms with Crippen molar-refractivity contribution < 1.29 is 4.42 Å². The van der Waals surface area contributed by atoms with E-state index in [1.807, 2.05) is 62.4 Å². The number of hydrogen-bond acceptors (Lipinski definition) is 5. The molecule has 1 unspecified atom stereocenters. The molecule has 1 atom stereocenters. The summed E-state index contributed by atoms with van der Waals surface area (Å²) in [5.74, 6) is 0.429. The van der Waals surface area contributed by atoms with Crippen LogP contribution in [0, 0.1) is 0 Å². The lowest BCUT2D eigenvalue weighted by Gasteiger charge is -2.45. The molecule has 0 N–H and O–H groups in total. The molecule has 0 saturated heterocycles. The largest absolute Gasteiger partial charge is 0.422 e. The lowest BCUT2D eigenvalue weighted by Crippen LogP contribution is -2.41. The third kappa shape index (κ3) is 4.64. The Hall–Kier alpha value is -3.83. The summed E-state index contributed by atoms with van der Waals surface area (Å²) >= 11 is 4.71. The average molecular weight is 575 g/mol. The predicted octanol–water partition coefficient (Wildman–Crippen LogP) is 9.67. The van der Waals surface area contributed by atoms with Gasteiger partial charge in [-0.2, -0.15) is 0 Å². The van der Waals surface area contributed by atoms with E-state index in [-0.39, 0.29) is 11.0 Å². The Labute approximate surface area is 253 Å². The normalized spacial score (nSPS) is 17.3. The zero-order valence-corrected chi connectivity index (χ0v) is 26.0. The molecule has 1 aromatic heterocycles. The number of benzene rings is 4. The predicted molar refractivity (Wildman–Crippen MR) is 181 cm³/mol. The van der Waals surface area contributed by atoms with Crippen LogP contribution in [0.5, 0.6) is 0 Å². The van der Waals surface area contributed by atoms with Crippen LogP contribution in [0.4, 0.5) is 11.4 Å². The number of fused-ring (bicyclic) bond motifs is 3. The smallest absolute Gasteiger partial charge is 0.345 e. The first-order chi connectivity index (χ1) is 20.3. The summed E-state index contributed by atoms with van der Waals surface area (Å²) in [7, 11) is 0. The third-order valence-electron chi connectivity index (χ3n) is 8.86. The van der Waals surface area contributed by atoms with Crippen LogP contribution in [-0.4, -0.2) is 19.3 Å². The second-order valence-corrected chi connectivity index (χ2v) is 12.3. The van der Waals surface area contributed by atoms with E-state index < -0.39 is 0 Å². The van der Waals surface area contributed by atoms with Crippen LogP contribution in [0.15, 0.2) is 91.9 Å². The highest BCUT2D eigenvalue weighted by atomic mass is 32.1. The second kappa shape index (κ2) is 11.1. The Morgan fingerprint density at radius 3 is 2.50 bits per heavy atom. The fraction of sp³-hybridized carbons (Fsp3) is 0.297. The SMILES string of the molecule is CC.CC1CCN2CCC(C)(C)c3c2c1cc1c(-c2ccccc2)c(C=Nc2c(S)ccc4ccccc24)c(=O)oc31. The van der Waals surface area contributed by atoms with Crippen molar-refractivity contribution in [3.63, 3.8) is 0 Å². The summed E-state index contributed by atoms with van der Waals surface area (Å²) in [5, 5.41) is 3.05. The number of anilines is 1. The van der Waals surface area contributed by atoms with Crippen molar-refractivity contribution in [2.75, 3.05) is 18.0 Å². The minimum absolute atomic E-state index is 0.111. The Balaban J connectivity index is 0.00000155. The first kappa shape index (κ1) is 28.3.